The van der Waals surface area contributed by atoms with Crippen molar-refractivity contribution in [1.29, 1.82) is 0 Å². The van der Waals surface area contributed by atoms with Crippen LogP contribution in [-0.4, -0.2) is 33.6 Å². The molecule has 2 fully saturated rings. The predicted octanol–water partition coefficient (Wildman–Crippen LogP) is 3.93. The van der Waals surface area contributed by atoms with Crippen molar-refractivity contribution in [1.82, 2.24) is 9.88 Å². The summed E-state index contributed by atoms with van der Waals surface area (Å²) in [6.45, 7) is 0.139. The highest BCUT2D eigenvalue weighted by atomic mass is 32.2. The van der Waals surface area contributed by atoms with Gasteiger partial charge in [-0.15, -0.1) is 23.1 Å². The molecule has 142 valence electrons. The highest BCUT2D eigenvalue weighted by Gasteiger charge is 2.57. The Labute approximate surface area is 170 Å². The first kappa shape index (κ1) is 17.7. The van der Waals surface area contributed by atoms with Crippen LogP contribution in [-0.2, 0) is 25.8 Å². The van der Waals surface area contributed by atoms with E-state index in [0.29, 0.717) is 12.2 Å². The molecule has 3 aromatic rings. The fraction of sp³-hybridized carbons (Fsp3) is 0.286. The van der Waals surface area contributed by atoms with Gasteiger partial charge in [0.2, 0.25) is 5.91 Å². The second-order valence-electron chi connectivity index (χ2n) is 6.92. The minimum atomic E-state index is -0.547. The van der Waals surface area contributed by atoms with Crippen LogP contribution in [0.4, 0.5) is 0 Å². The van der Waals surface area contributed by atoms with E-state index in [-0.39, 0.29) is 18.5 Å². The average molecular weight is 411 g/mol. The van der Waals surface area contributed by atoms with Gasteiger partial charge in [-0.1, -0.05) is 42.5 Å². The molecule has 5 rings (SSSR count). The third-order valence-electron chi connectivity index (χ3n) is 5.30. The maximum absolute atomic E-state index is 12.8. The van der Waals surface area contributed by atoms with Gasteiger partial charge < -0.3 is 9.64 Å². The molecule has 0 spiro atoms. The second-order valence-corrected chi connectivity index (χ2v) is 9.34. The maximum atomic E-state index is 12.8. The summed E-state index contributed by atoms with van der Waals surface area (Å²) in [7, 11) is 0. The number of amides is 1. The molecule has 2 aromatic carbocycles. The molecular formula is C21H18N2O3S2. The van der Waals surface area contributed by atoms with Gasteiger partial charge in [0.1, 0.15) is 22.5 Å². The number of fused-ring (bicyclic) bond motifs is 2. The van der Waals surface area contributed by atoms with Crippen molar-refractivity contribution < 1.29 is 14.3 Å². The molecule has 0 N–H and O–H groups in total. The first-order valence-corrected chi connectivity index (χ1v) is 11.0. The molecule has 0 radical (unpaired) electrons. The SMILES string of the molecule is O=C(OCc1nc2ccccc2s1)[C@H]1CS[C@@]2(c3ccccc3)CCC(=O)N12. The normalized spacial score (nSPS) is 23.9. The molecule has 3 heterocycles. The summed E-state index contributed by atoms with van der Waals surface area (Å²) in [5.41, 5.74) is 1.99. The monoisotopic (exact) mass is 410 g/mol. The number of para-hydroxylation sites is 1. The Hall–Kier alpha value is -2.38. The highest BCUT2D eigenvalue weighted by molar-refractivity contribution is 8.00. The van der Waals surface area contributed by atoms with Crippen LogP contribution in [0.15, 0.2) is 54.6 Å². The summed E-state index contributed by atoms with van der Waals surface area (Å²) < 4.78 is 6.65. The Kier molecular flexibility index (Phi) is 4.36. The molecule has 7 heteroatoms. The van der Waals surface area contributed by atoms with Gasteiger partial charge in [-0.2, -0.15) is 0 Å². The predicted molar refractivity (Wildman–Crippen MR) is 110 cm³/mol. The number of esters is 1. The Morgan fingerprint density at radius 2 is 1.96 bits per heavy atom. The lowest BCUT2D eigenvalue weighted by Crippen LogP contribution is -2.46. The Morgan fingerprint density at radius 1 is 1.18 bits per heavy atom. The fourth-order valence-corrected chi connectivity index (χ4v) is 6.54. The molecule has 2 aliphatic rings. The van der Waals surface area contributed by atoms with Gasteiger partial charge >= 0.3 is 5.97 Å². The van der Waals surface area contributed by atoms with Gasteiger partial charge in [0.15, 0.2) is 0 Å². The molecule has 1 aromatic heterocycles. The number of carbonyl (C=O) groups is 2. The summed E-state index contributed by atoms with van der Waals surface area (Å²) in [6, 6.07) is 17.3. The van der Waals surface area contributed by atoms with Gasteiger partial charge in [-0.05, 0) is 24.1 Å². The average Bonchev–Trinajstić information content (AvgIpc) is 3.40. The molecule has 2 atom stereocenters. The molecule has 0 bridgehead atoms. The van der Waals surface area contributed by atoms with E-state index < -0.39 is 10.9 Å². The number of aromatic nitrogens is 1. The third-order valence-corrected chi connectivity index (χ3v) is 7.91. The second kappa shape index (κ2) is 6.90. The topological polar surface area (TPSA) is 59.5 Å². The van der Waals surface area contributed by atoms with Gasteiger partial charge in [0.25, 0.3) is 0 Å². The van der Waals surface area contributed by atoms with Crippen molar-refractivity contribution in [2.45, 2.75) is 30.4 Å². The van der Waals surface area contributed by atoms with Crippen LogP contribution in [0.2, 0.25) is 0 Å². The van der Waals surface area contributed by atoms with Crippen molar-refractivity contribution in [2.24, 2.45) is 0 Å². The van der Waals surface area contributed by atoms with E-state index in [1.165, 1.54) is 11.3 Å². The van der Waals surface area contributed by atoms with Gasteiger partial charge in [-0.25, -0.2) is 9.78 Å². The fourth-order valence-electron chi connectivity index (χ4n) is 4.03. The molecule has 0 saturated carbocycles. The quantitative estimate of drug-likeness (QED) is 0.610. The zero-order valence-electron chi connectivity index (χ0n) is 15.0. The Balaban J connectivity index is 1.34. The van der Waals surface area contributed by atoms with E-state index in [9.17, 15) is 9.59 Å². The molecule has 1 amide bonds. The van der Waals surface area contributed by atoms with E-state index in [2.05, 4.69) is 4.98 Å². The van der Waals surface area contributed by atoms with Crippen LogP contribution >= 0.6 is 23.1 Å². The van der Waals surface area contributed by atoms with Crippen molar-refractivity contribution in [3.05, 3.63) is 65.2 Å². The van der Waals surface area contributed by atoms with E-state index in [1.807, 2.05) is 54.6 Å². The number of ether oxygens (including phenoxy) is 1. The largest absolute Gasteiger partial charge is 0.457 e. The highest BCUT2D eigenvalue weighted by Crippen LogP contribution is 2.54. The summed E-state index contributed by atoms with van der Waals surface area (Å²) in [4.78, 5) is 31.3. The summed E-state index contributed by atoms with van der Waals surface area (Å²) in [5.74, 6) is 0.231. The van der Waals surface area contributed by atoms with Gasteiger partial charge in [-0.3, -0.25) is 4.79 Å². The van der Waals surface area contributed by atoms with E-state index in [0.717, 1.165) is 27.2 Å². The molecule has 2 aliphatic heterocycles. The van der Waals surface area contributed by atoms with Crippen molar-refractivity contribution in [2.75, 3.05) is 5.75 Å². The first-order chi connectivity index (χ1) is 13.7. The van der Waals surface area contributed by atoms with E-state index >= 15 is 0 Å². The number of hydrogen-bond donors (Lipinski definition) is 0. The van der Waals surface area contributed by atoms with Crippen LogP contribution in [0.1, 0.15) is 23.4 Å². The van der Waals surface area contributed by atoms with Crippen LogP contribution in [0.25, 0.3) is 10.2 Å². The summed E-state index contributed by atoms with van der Waals surface area (Å²) >= 11 is 3.19. The molecule has 0 unspecified atom stereocenters. The van der Waals surface area contributed by atoms with Crippen LogP contribution < -0.4 is 0 Å². The van der Waals surface area contributed by atoms with E-state index in [1.54, 1.807) is 16.7 Å². The van der Waals surface area contributed by atoms with Crippen molar-refractivity contribution in [3.8, 4) is 0 Å². The number of hydrogen-bond acceptors (Lipinski definition) is 6. The lowest BCUT2D eigenvalue weighted by molar-refractivity contribution is -0.155. The minimum absolute atomic E-state index is 0.0239. The zero-order valence-corrected chi connectivity index (χ0v) is 16.7. The number of carbonyl (C=O) groups excluding carboxylic acids is 2. The summed E-state index contributed by atoms with van der Waals surface area (Å²) in [6.07, 6.45) is 1.19. The lowest BCUT2D eigenvalue weighted by atomic mass is 10.0. The smallest absolute Gasteiger partial charge is 0.330 e. The molecular weight excluding hydrogens is 392 g/mol. The molecule has 2 saturated heterocycles. The number of benzene rings is 2. The first-order valence-electron chi connectivity index (χ1n) is 9.20. The zero-order chi connectivity index (χ0) is 19.1. The Morgan fingerprint density at radius 3 is 2.79 bits per heavy atom. The number of nitrogens with zero attached hydrogens (tertiary/aromatic N) is 2. The van der Waals surface area contributed by atoms with Crippen LogP contribution in [0, 0.1) is 0 Å². The summed E-state index contributed by atoms with van der Waals surface area (Å²) in [5, 5.41) is 0.766. The van der Waals surface area contributed by atoms with Crippen molar-refractivity contribution >= 4 is 45.2 Å². The number of thioether (sulfide) groups is 1. The van der Waals surface area contributed by atoms with Crippen molar-refractivity contribution in [3.63, 3.8) is 0 Å². The Bertz CT molecular complexity index is 1020. The van der Waals surface area contributed by atoms with Gasteiger partial charge in [0.05, 0.1) is 10.2 Å². The molecule has 0 aliphatic carbocycles. The van der Waals surface area contributed by atoms with Crippen LogP contribution in [0.5, 0.6) is 0 Å². The van der Waals surface area contributed by atoms with E-state index in [4.69, 9.17) is 4.74 Å². The minimum Gasteiger partial charge on any atom is -0.457 e. The van der Waals surface area contributed by atoms with Crippen LogP contribution in [0.3, 0.4) is 0 Å². The maximum Gasteiger partial charge on any atom is 0.330 e. The standard InChI is InChI=1S/C21H18N2O3S2/c24-19-10-11-21(14-6-2-1-3-7-14)23(19)16(13-27-21)20(25)26-12-18-22-15-8-4-5-9-17(15)28-18/h1-9,16H,10-13H2/t16-,21-/m1/s1. The lowest BCUT2D eigenvalue weighted by Gasteiger charge is -2.33. The number of thiazole rings is 1. The molecule has 28 heavy (non-hydrogen) atoms. The van der Waals surface area contributed by atoms with Gasteiger partial charge in [0, 0.05) is 12.2 Å². The third kappa shape index (κ3) is 2.81. The molecule has 5 nitrogen and oxygen atoms in total. The number of rotatable bonds is 4.